The van der Waals surface area contributed by atoms with Crippen LogP contribution in [-0.2, 0) is 19.5 Å². The molecule has 158 valence electrons. The number of benzene rings is 2. The molecule has 3 aromatic rings. The molecule has 0 radical (unpaired) electrons. The van der Waals surface area contributed by atoms with E-state index in [1.165, 1.54) is 18.5 Å². The fourth-order valence-electron chi connectivity index (χ4n) is 3.32. The highest BCUT2D eigenvalue weighted by atomic mass is 19.1. The lowest BCUT2D eigenvalue weighted by molar-refractivity contribution is 0.0944. The molecule has 7 nitrogen and oxygen atoms in total. The van der Waals surface area contributed by atoms with Gasteiger partial charge < -0.3 is 15.4 Å². The summed E-state index contributed by atoms with van der Waals surface area (Å²) in [7, 11) is 0. The number of ether oxygens (including phenoxy) is 1. The quantitative estimate of drug-likeness (QED) is 0.640. The van der Waals surface area contributed by atoms with Crippen LogP contribution < -0.4 is 15.4 Å². The van der Waals surface area contributed by atoms with Gasteiger partial charge >= 0.3 is 0 Å². The molecule has 0 saturated heterocycles. The Morgan fingerprint density at radius 2 is 1.61 bits per heavy atom. The number of rotatable bonds is 6. The predicted molar refractivity (Wildman–Crippen MR) is 111 cm³/mol. The van der Waals surface area contributed by atoms with Gasteiger partial charge in [-0.1, -0.05) is 24.3 Å². The van der Waals surface area contributed by atoms with Crippen molar-refractivity contribution in [3.05, 3.63) is 88.3 Å². The minimum atomic E-state index is -0.447. The summed E-state index contributed by atoms with van der Waals surface area (Å²) < 4.78 is 18.8. The highest BCUT2D eigenvalue weighted by Gasteiger charge is 2.15. The molecule has 2 heterocycles. The van der Waals surface area contributed by atoms with E-state index < -0.39 is 11.8 Å². The minimum absolute atomic E-state index is 0.0775. The summed E-state index contributed by atoms with van der Waals surface area (Å²) in [5.41, 5.74) is 3.53. The van der Waals surface area contributed by atoms with Gasteiger partial charge in [0, 0.05) is 25.6 Å². The fourth-order valence-corrected chi connectivity index (χ4v) is 3.32. The monoisotopic (exact) mass is 420 g/mol. The summed E-state index contributed by atoms with van der Waals surface area (Å²) in [5.74, 6) is -0.258. The molecule has 0 saturated carbocycles. The molecule has 31 heavy (non-hydrogen) atoms. The maximum absolute atomic E-state index is 13.4. The number of fused-ring (bicyclic) bond motifs is 1. The molecular weight excluding hydrogens is 399 g/mol. The third-order valence-corrected chi connectivity index (χ3v) is 5.01. The molecule has 2 amide bonds. The summed E-state index contributed by atoms with van der Waals surface area (Å²) in [5, 5.41) is 5.52. The molecule has 0 unspecified atom stereocenters. The van der Waals surface area contributed by atoms with Crippen molar-refractivity contribution in [2.24, 2.45) is 0 Å². The van der Waals surface area contributed by atoms with Crippen LogP contribution in [-0.4, -0.2) is 28.4 Å². The molecule has 4 rings (SSSR count). The van der Waals surface area contributed by atoms with Crippen LogP contribution in [0.5, 0.6) is 5.75 Å². The van der Waals surface area contributed by atoms with Crippen molar-refractivity contribution >= 4 is 11.8 Å². The molecule has 1 aliphatic rings. The molecule has 2 aromatic carbocycles. The molecule has 0 aliphatic carbocycles. The fraction of sp³-hybridized carbons (Fsp3) is 0.217. The Hall–Kier alpha value is -3.81. The van der Waals surface area contributed by atoms with Gasteiger partial charge in [0.05, 0.1) is 6.61 Å². The first kappa shape index (κ1) is 20.5. The standard InChI is InChI=1S/C23H21FN4O3/c1-14-8-15(2-4-18(14)24)11-25-22(29)19-10-20(28-13-27-19)23(30)26-12-16-3-5-21-17(9-16)6-7-31-21/h2-5,8-10,13H,6-7,11-12H2,1H3,(H,25,29)(H,26,30). The Kier molecular flexibility index (Phi) is 5.88. The van der Waals surface area contributed by atoms with E-state index in [1.807, 2.05) is 18.2 Å². The SMILES string of the molecule is Cc1cc(CNC(=O)c2cc(C(=O)NCc3ccc4c(c3)CCO4)ncn2)ccc1F. The van der Waals surface area contributed by atoms with Crippen LogP contribution in [0.4, 0.5) is 4.39 Å². The first-order valence-corrected chi connectivity index (χ1v) is 9.87. The third-order valence-electron chi connectivity index (χ3n) is 5.01. The van der Waals surface area contributed by atoms with Crippen LogP contribution in [0.1, 0.15) is 43.2 Å². The number of nitrogens with one attached hydrogen (secondary N) is 2. The van der Waals surface area contributed by atoms with E-state index in [-0.39, 0.29) is 23.7 Å². The first-order chi connectivity index (χ1) is 15.0. The number of nitrogens with zero attached hydrogens (tertiary/aromatic N) is 2. The number of halogens is 1. The van der Waals surface area contributed by atoms with Gasteiger partial charge in [-0.2, -0.15) is 0 Å². The lowest BCUT2D eigenvalue weighted by Crippen LogP contribution is -2.27. The average Bonchev–Trinajstić information content (AvgIpc) is 3.26. The molecule has 0 atom stereocenters. The van der Waals surface area contributed by atoms with E-state index in [1.54, 1.807) is 19.1 Å². The highest BCUT2D eigenvalue weighted by Crippen LogP contribution is 2.25. The summed E-state index contributed by atoms with van der Waals surface area (Å²) >= 11 is 0. The number of carbonyl (C=O) groups excluding carboxylic acids is 2. The second-order valence-electron chi connectivity index (χ2n) is 7.28. The molecule has 2 N–H and O–H groups in total. The van der Waals surface area contributed by atoms with E-state index in [4.69, 9.17) is 4.74 Å². The van der Waals surface area contributed by atoms with Gasteiger partial charge in [0.25, 0.3) is 11.8 Å². The maximum Gasteiger partial charge on any atom is 0.270 e. The number of carbonyl (C=O) groups is 2. The molecule has 1 aliphatic heterocycles. The van der Waals surface area contributed by atoms with Crippen molar-refractivity contribution in [2.45, 2.75) is 26.4 Å². The van der Waals surface area contributed by atoms with Gasteiger partial charge in [0.1, 0.15) is 29.3 Å². The van der Waals surface area contributed by atoms with Gasteiger partial charge in [-0.15, -0.1) is 0 Å². The summed E-state index contributed by atoms with van der Waals surface area (Å²) in [6.07, 6.45) is 2.04. The number of aromatic nitrogens is 2. The van der Waals surface area contributed by atoms with Crippen LogP contribution >= 0.6 is 0 Å². The topological polar surface area (TPSA) is 93.2 Å². The second-order valence-corrected chi connectivity index (χ2v) is 7.28. The number of amides is 2. The summed E-state index contributed by atoms with van der Waals surface area (Å²) in [6, 6.07) is 11.8. The minimum Gasteiger partial charge on any atom is -0.493 e. The lowest BCUT2D eigenvalue weighted by atomic mass is 10.1. The van der Waals surface area contributed by atoms with Crippen LogP contribution in [0.2, 0.25) is 0 Å². The smallest absolute Gasteiger partial charge is 0.270 e. The Morgan fingerprint density at radius 1 is 0.968 bits per heavy atom. The maximum atomic E-state index is 13.4. The summed E-state index contributed by atoms with van der Waals surface area (Å²) in [6.45, 7) is 2.89. The zero-order chi connectivity index (χ0) is 21.8. The normalized spacial score (nSPS) is 12.1. The van der Waals surface area contributed by atoms with Crippen LogP contribution in [0.15, 0.2) is 48.8 Å². The second kappa shape index (κ2) is 8.91. The van der Waals surface area contributed by atoms with E-state index in [0.29, 0.717) is 18.7 Å². The van der Waals surface area contributed by atoms with Gasteiger partial charge in [-0.25, -0.2) is 14.4 Å². The highest BCUT2D eigenvalue weighted by molar-refractivity contribution is 5.97. The van der Waals surface area contributed by atoms with Crippen molar-refractivity contribution < 1.29 is 18.7 Å². The molecule has 8 heteroatoms. The Balaban J connectivity index is 1.36. The van der Waals surface area contributed by atoms with E-state index in [9.17, 15) is 14.0 Å². The summed E-state index contributed by atoms with van der Waals surface area (Å²) in [4.78, 5) is 32.8. The Labute approximate surface area is 178 Å². The largest absolute Gasteiger partial charge is 0.493 e. The Bertz CT molecular complexity index is 1150. The zero-order valence-corrected chi connectivity index (χ0v) is 16.9. The zero-order valence-electron chi connectivity index (χ0n) is 16.9. The average molecular weight is 420 g/mol. The van der Waals surface area contributed by atoms with Gasteiger partial charge in [-0.05, 0) is 41.3 Å². The van der Waals surface area contributed by atoms with Crippen LogP contribution in [0, 0.1) is 12.7 Å². The van der Waals surface area contributed by atoms with Gasteiger partial charge in [0.15, 0.2) is 0 Å². The van der Waals surface area contributed by atoms with Crippen molar-refractivity contribution in [3.8, 4) is 5.75 Å². The van der Waals surface area contributed by atoms with Crippen LogP contribution in [0.3, 0.4) is 0 Å². The Morgan fingerprint density at radius 3 is 2.29 bits per heavy atom. The van der Waals surface area contributed by atoms with E-state index in [2.05, 4.69) is 20.6 Å². The number of hydrogen-bond acceptors (Lipinski definition) is 5. The van der Waals surface area contributed by atoms with E-state index >= 15 is 0 Å². The molecule has 0 bridgehead atoms. The van der Waals surface area contributed by atoms with Crippen molar-refractivity contribution in [1.29, 1.82) is 0 Å². The molecular formula is C23H21FN4O3. The molecule has 0 spiro atoms. The van der Waals surface area contributed by atoms with Crippen molar-refractivity contribution in [1.82, 2.24) is 20.6 Å². The number of hydrogen-bond donors (Lipinski definition) is 2. The molecule has 1 aromatic heterocycles. The van der Waals surface area contributed by atoms with E-state index in [0.717, 1.165) is 28.9 Å². The van der Waals surface area contributed by atoms with Crippen molar-refractivity contribution in [2.75, 3.05) is 6.61 Å². The lowest BCUT2D eigenvalue weighted by Gasteiger charge is -2.08. The van der Waals surface area contributed by atoms with Crippen molar-refractivity contribution in [3.63, 3.8) is 0 Å². The van der Waals surface area contributed by atoms with Gasteiger partial charge in [-0.3, -0.25) is 9.59 Å². The van der Waals surface area contributed by atoms with Gasteiger partial charge in [0.2, 0.25) is 0 Å². The first-order valence-electron chi connectivity index (χ1n) is 9.87. The van der Waals surface area contributed by atoms with Crippen LogP contribution in [0.25, 0.3) is 0 Å². The third kappa shape index (κ3) is 4.85. The molecule has 0 fully saturated rings. The number of aryl methyl sites for hydroxylation is 1. The predicted octanol–water partition coefficient (Wildman–Crippen LogP) is 2.72.